The van der Waals surface area contributed by atoms with Crippen molar-refractivity contribution in [1.82, 2.24) is 14.8 Å². The molecule has 4 nitrogen and oxygen atoms in total. The molecule has 2 rings (SSSR count). The van der Waals surface area contributed by atoms with Crippen LogP contribution in [0.4, 0.5) is 0 Å². The van der Waals surface area contributed by atoms with Gasteiger partial charge in [0.15, 0.2) is 10.9 Å². The van der Waals surface area contributed by atoms with Crippen LogP contribution < -0.4 is 4.74 Å². The van der Waals surface area contributed by atoms with Crippen LogP contribution >= 0.6 is 11.6 Å². The van der Waals surface area contributed by atoms with Crippen molar-refractivity contribution in [3.63, 3.8) is 0 Å². The van der Waals surface area contributed by atoms with Crippen molar-refractivity contribution in [2.45, 2.75) is 13.5 Å². The third kappa shape index (κ3) is 2.33. The number of aryl methyl sites for hydroxylation is 2. The molecule has 0 spiro atoms. The van der Waals surface area contributed by atoms with Crippen molar-refractivity contribution >= 4 is 11.6 Å². The monoisotopic (exact) mass is 237 g/mol. The van der Waals surface area contributed by atoms with Gasteiger partial charge in [-0.3, -0.25) is 4.68 Å². The summed E-state index contributed by atoms with van der Waals surface area (Å²) in [6.07, 6.45) is 1.63. The molecule has 84 valence electrons. The number of ether oxygens (including phenoxy) is 1. The Hall–Kier alpha value is -1.55. The lowest BCUT2D eigenvalue weighted by molar-refractivity contribution is 0.294. The van der Waals surface area contributed by atoms with E-state index in [-0.39, 0.29) is 0 Å². The van der Waals surface area contributed by atoms with E-state index in [1.165, 1.54) is 0 Å². The van der Waals surface area contributed by atoms with Crippen molar-refractivity contribution in [1.29, 1.82) is 0 Å². The van der Waals surface area contributed by atoms with E-state index in [0.29, 0.717) is 17.5 Å². The first-order valence-corrected chi connectivity index (χ1v) is 5.27. The molecule has 0 atom stereocenters. The highest BCUT2D eigenvalue weighted by molar-refractivity contribution is 6.30. The molecule has 0 N–H and O–H groups in total. The van der Waals surface area contributed by atoms with Crippen LogP contribution in [-0.2, 0) is 13.7 Å². The molecule has 0 radical (unpaired) electrons. The fourth-order valence-corrected chi connectivity index (χ4v) is 1.60. The number of hydrogen-bond donors (Lipinski definition) is 0. The highest BCUT2D eigenvalue weighted by Crippen LogP contribution is 2.21. The Balaban J connectivity index is 2.08. The van der Waals surface area contributed by atoms with E-state index in [4.69, 9.17) is 16.3 Å². The maximum atomic E-state index is 5.88. The molecule has 0 aromatic carbocycles. The fraction of sp³-hybridized carbons (Fsp3) is 0.273. The zero-order valence-electron chi connectivity index (χ0n) is 9.14. The number of hydrogen-bond acceptors (Lipinski definition) is 3. The largest absolute Gasteiger partial charge is 0.484 e. The van der Waals surface area contributed by atoms with E-state index in [9.17, 15) is 0 Å². The first-order chi connectivity index (χ1) is 7.66. The molecule has 0 aliphatic heterocycles. The molecule has 0 saturated heterocycles. The molecular formula is C11H12ClN3O. The summed E-state index contributed by atoms with van der Waals surface area (Å²) in [5.74, 6) is 0.586. The van der Waals surface area contributed by atoms with Crippen LogP contribution in [0.15, 0.2) is 24.4 Å². The van der Waals surface area contributed by atoms with Gasteiger partial charge in [0.25, 0.3) is 0 Å². The number of pyridine rings is 1. The maximum Gasteiger partial charge on any atom is 0.171 e. The van der Waals surface area contributed by atoms with Gasteiger partial charge < -0.3 is 4.74 Å². The van der Waals surface area contributed by atoms with Crippen molar-refractivity contribution in [2.75, 3.05) is 0 Å². The molecule has 16 heavy (non-hydrogen) atoms. The number of aromatic nitrogens is 3. The molecule has 2 aromatic heterocycles. The lowest BCUT2D eigenvalue weighted by Gasteiger charge is -2.06. The summed E-state index contributed by atoms with van der Waals surface area (Å²) < 4.78 is 7.35. The summed E-state index contributed by atoms with van der Waals surface area (Å²) in [4.78, 5) is 3.94. The normalized spacial score (nSPS) is 10.4. The second-order valence-corrected chi connectivity index (χ2v) is 3.84. The van der Waals surface area contributed by atoms with E-state index >= 15 is 0 Å². The van der Waals surface area contributed by atoms with Crippen LogP contribution in [0.25, 0.3) is 0 Å². The van der Waals surface area contributed by atoms with Crippen LogP contribution in [0.5, 0.6) is 5.75 Å². The van der Waals surface area contributed by atoms with Crippen molar-refractivity contribution in [3.05, 3.63) is 40.9 Å². The Morgan fingerprint density at radius 2 is 2.31 bits per heavy atom. The highest BCUT2D eigenvalue weighted by Gasteiger charge is 2.05. The Morgan fingerprint density at radius 1 is 1.50 bits per heavy atom. The molecule has 5 heteroatoms. The van der Waals surface area contributed by atoms with E-state index < -0.39 is 0 Å². The second kappa shape index (κ2) is 4.53. The van der Waals surface area contributed by atoms with Crippen molar-refractivity contribution in [2.24, 2.45) is 7.05 Å². The molecule has 0 aliphatic carbocycles. The first kappa shape index (κ1) is 11.0. The standard InChI is InChI=1S/C11H12ClN3O/c1-8-6-9(15(2)14-8)7-16-10-4-3-5-13-11(10)12/h3-6H,7H2,1-2H3. The van der Waals surface area contributed by atoms with Gasteiger partial charge in [0.1, 0.15) is 6.61 Å². The molecule has 2 heterocycles. The highest BCUT2D eigenvalue weighted by atomic mass is 35.5. The summed E-state index contributed by atoms with van der Waals surface area (Å²) in [5.41, 5.74) is 1.97. The van der Waals surface area contributed by atoms with Gasteiger partial charge in [0.05, 0.1) is 11.4 Å². The average Bonchev–Trinajstić information content (AvgIpc) is 2.56. The molecule has 0 aliphatic rings. The molecule has 0 amide bonds. The smallest absolute Gasteiger partial charge is 0.171 e. The third-order valence-electron chi connectivity index (χ3n) is 2.20. The zero-order valence-corrected chi connectivity index (χ0v) is 9.90. The summed E-state index contributed by atoms with van der Waals surface area (Å²) in [6.45, 7) is 2.38. The maximum absolute atomic E-state index is 5.88. The van der Waals surface area contributed by atoms with E-state index in [0.717, 1.165) is 11.4 Å². The lowest BCUT2D eigenvalue weighted by atomic mass is 10.4. The van der Waals surface area contributed by atoms with E-state index in [2.05, 4.69) is 10.1 Å². The number of nitrogens with zero attached hydrogens (tertiary/aromatic N) is 3. The van der Waals surface area contributed by atoms with Crippen molar-refractivity contribution in [3.8, 4) is 5.75 Å². The lowest BCUT2D eigenvalue weighted by Crippen LogP contribution is -2.03. The Labute approximate surface area is 98.8 Å². The quantitative estimate of drug-likeness (QED) is 0.770. The third-order valence-corrected chi connectivity index (χ3v) is 2.48. The number of halogens is 1. The van der Waals surface area contributed by atoms with Crippen LogP contribution in [0, 0.1) is 6.92 Å². The van der Waals surface area contributed by atoms with Gasteiger partial charge in [-0.2, -0.15) is 5.10 Å². The molecule has 0 bridgehead atoms. The minimum Gasteiger partial charge on any atom is -0.484 e. The molecule has 0 saturated carbocycles. The van der Waals surface area contributed by atoms with Crippen molar-refractivity contribution < 1.29 is 4.74 Å². The minimum absolute atomic E-state index is 0.376. The Morgan fingerprint density at radius 3 is 2.94 bits per heavy atom. The molecule has 0 unspecified atom stereocenters. The molecular weight excluding hydrogens is 226 g/mol. The molecule has 2 aromatic rings. The average molecular weight is 238 g/mol. The van der Waals surface area contributed by atoms with E-state index in [1.54, 1.807) is 23.0 Å². The van der Waals surface area contributed by atoms with Gasteiger partial charge in [0, 0.05) is 13.2 Å². The van der Waals surface area contributed by atoms with Gasteiger partial charge in [-0.15, -0.1) is 0 Å². The van der Waals surface area contributed by atoms with Crippen LogP contribution in [0.3, 0.4) is 0 Å². The second-order valence-electron chi connectivity index (χ2n) is 3.48. The van der Waals surface area contributed by atoms with Gasteiger partial charge in [-0.05, 0) is 25.1 Å². The summed E-state index contributed by atoms with van der Waals surface area (Å²) >= 11 is 5.88. The zero-order chi connectivity index (χ0) is 11.5. The SMILES string of the molecule is Cc1cc(COc2cccnc2Cl)n(C)n1. The summed E-state index contributed by atoms with van der Waals surface area (Å²) in [7, 11) is 1.89. The van der Waals surface area contributed by atoms with Gasteiger partial charge in [0.2, 0.25) is 0 Å². The first-order valence-electron chi connectivity index (χ1n) is 4.89. The summed E-state index contributed by atoms with van der Waals surface area (Å²) in [6, 6.07) is 5.55. The Kier molecular flexibility index (Phi) is 3.10. The van der Waals surface area contributed by atoms with Crippen LogP contribution in [0.2, 0.25) is 5.15 Å². The minimum atomic E-state index is 0.376. The topological polar surface area (TPSA) is 39.9 Å². The summed E-state index contributed by atoms with van der Waals surface area (Å²) in [5, 5.41) is 4.61. The predicted octanol–water partition coefficient (Wildman–Crippen LogP) is 2.36. The van der Waals surface area contributed by atoms with Gasteiger partial charge in [-0.1, -0.05) is 11.6 Å². The Bertz CT molecular complexity index is 496. The van der Waals surface area contributed by atoms with Gasteiger partial charge in [-0.25, -0.2) is 4.98 Å². The molecule has 0 fully saturated rings. The van der Waals surface area contributed by atoms with Gasteiger partial charge >= 0.3 is 0 Å². The van der Waals surface area contributed by atoms with E-state index in [1.807, 2.05) is 20.0 Å². The predicted molar refractivity (Wildman–Crippen MR) is 61.5 cm³/mol. The van der Waals surface area contributed by atoms with Crippen LogP contribution in [0.1, 0.15) is 11.4 Å². The fourth-order valence-electron chi connectivity index (χ4n) is 1.43. The number of rotatable bonds is 3. The van der Waals surface area contributed by atoms with Crippen LogP contribution in [-0.4, -0.2) is 14.8 Å².